The summed E-state index contributed by atoms with van der Waals surface area (Å²) in [6.07, 6.45) is 2.28. The lowest BCUT2D eigenvalue weighted by molar-refractivity contribution is 0.303. The van der Waals surface area contributed by atoms with Crippen molar-refractivity contribution in [1.29, 1.82) is 0 Å². The summed E-state index contributed by atoms with van der Waals surface area (Å²) in [5.74, 6) is 0.807. The van der Waals surface area contributed by atoms with Crippen molar-refractivity contribution in [2.45, 2.75) is 31.5 Å². The molecule has 2 unspecified atom stereocenters. The van der Waals surface area contributed by atoms with Gasteiger partial charge in [0.25, 0.3) is 0 Å². The van der Waals surface area contributed by atoms with Gasteiger partial charge in [0.1, 0.15) is 5.75 Å². The van der Waals surface area contributed by atoms with E-state index in [1.807, 2.05) is 13.1 Å². The van der Waals surface area contributed by atoms with E-state index in [9.17, 15) is 4.79 Å². The van der Waals surface area contributed by atoms with E-state index < -0.39 is 0 Å². The van der Waals surface area contributed by atoms with E-state index in [0.717, 1.165) is 41.7 Å². The summed E-state index contributed by atoms with van der Waals surface area (Å²) in [4.78, 5) is 12.3. The zero-order valence-electron chi connectivity index (χ0n) is 16.7. The van der Waals surface area contributed by atoms with Crippen LogP contribution in [0.5, 0.6) is 5.75 Å². The summed E-state index contributed by atoms with van der Waals surface area (Å²) in [6.45, 7) is 1.73. The maximum absolute atomic E-state index is 12.3. The molecule has 6 nitrogen and oxygen atoms in total. The molecule has 0 bridgehead atoms. The Kier molecular flexibility index (Phi) is 5.24. The summed E-state index contributed by atoms with van der Waals surface area (Å²) < 4.78 is 8.97. The number of rotatable bonds is 5. The van der Waals surface area contributed by atoms with E-state index in [1.54, 1.807) is 23.3 Å². The molecule has 3 aromatic rings. The number of ether oxygens (including phenoxy) is 1. The first kappa shape index (κ1) is 18.8. The van der Waals surface area contributed by atoms with Gasteiger partial charge in [-0.3, -0.25) is 9.13 Å². The molecule has 28 heavy (non-hydrogen) atoms. The van der Waals surface area contributed by atoms with Crippen LogP contribution in [0, 0.1) is 0 Å². The van der Waals surface area contributed by atoms with E-state index >= 15 is 0 Å². The van der Waals surface area contributed by atoms with Crippen LogP contribution in [0.4, 0.5) is 0 Å². The van der Waals surface area contributed by atoms with Gasteiger partial charge in [0.15, 0.2) is 0 Å². The van der Waals surface area contributed by atoms with Crippen molar-refractivity contribution in [3.05, 3.63) is 64.1 Å². The average Bonchev–Trinajstić information content (AvgIpc) is 2.96. The van der Waals surface area contributed by atoms with Gasteiger partial charge in [-0.05, 0) is 31.0 Å². The fourth-order valence-corrected chi connectivity index (χ4v) is 4.26. The predicted molar refractivity (Wildman–Crippen MR) is 112 cm³/mol. The van der Waals surface area contributed by atoms with Crippen LogP contribution in [-0.4, -0.2) is 28.8 Å². The first-order chi connectivity index (χ1) is 13.6. The third kappa shape index (κ3) is 3.34. The second kappa shape index (κ2) is 7.81. The number of benzene rings is 2. The third-order valence-electron chi connectivity index (χ3n) is 5.85. The van der Waals surface area contributed by atoms with Gasteiger partial charge in [0.2, 0.25) is 0 Å². The maximum Gasteiger partial charge on any atom is 0.328 e. The zero-order valence-corrected chi connectivity index (χ0v) is 16.7. The quantitative estimate of drug-likeness (QED) is 0.714. The second-order valence-electron chi connectivity index (χ2n) is 7.53. The molecule has 0 saturated carbocycles. The van der Waals surface area contributed by atoms with E-state index in [2.05, 4.69) is 47.0 Å². The van der Waals surface area contributed by atoms with Gasteiger partial charge < -0.3 is 15.4 Å². The fourth-order valence-electron chi connectivity index (χ4n) is 4.26. The Balaban J connectivity index is 1.60. The van der Waals surface area contributed by atoms with Crippen LogP contribution in [0.2, 0.25) is 0 Å². The molecule has 1 aliphatic rings. The van der Waals surface area contributed by atoms with Crippen molar-refractivity contribution in [2.75, 3.05) is 13.7 Å². The number of piperidine rings is 1. The molecule has 2 N–H and O–H groups in total. The highest BCUT2D eigenvalue weighted by atomic mass is 16.5. The van der Waals surface area contributed by atoms with Crippen LogP contribution in [0.25, 0.3) is 11.0 Å². The van der Waals surface area contributed by atoms with Gasteiger partial charge in [-0.25, -0.2) is 4.79 Å². The summed E-state index contributed by atoms with van der Waals surface area (Å²) in [7, 11) is 5.28. The Hall–Kier alpha value is -2.57. The number of imidazole rings is 1. The Morgan fingerprint density at radius 1 is 1.14 bits per heavy atom. The van der Waals surface area contributed by atoms with Crippen molar-refractivity contribution in [1.82, 2.24) is 19.8 Å². The monoisotopic (exact) mass is 380 g/mol. The van der Waals surface area contributed by atoms with Gasteiger partial charge in [0.05, 0.1) is 18.1 Å². The van der Waals surface area contributed by atoms with Gasteiger partial charge in [-0.1, -0.05) is 30.3 Å². The molecule has 1 aliphatic heterocycles. The number of nitrogens with zero attached hydrogens (tertiary/aromatic N) is 2. The van der Waals surface area contributed by atoms with E-state index in [4.69, 9.17) is 4.74 Å². The molecule has 6 heteroatoms. The van der Waals surface area contributed by atoms with Crippen molar-refractivity contribution >= 4 is 11.0 Å². The molecule has 0 spiro atoms. The zero-order chi connectivity index (χ0) is 19.7. The van der Waals surface area contributed by atoms with Crippen molar-refractivity contribution in [2.24, 2.45) is 14.1 Å². The van der Waals surface area contributed by atoms with Crippen LogP contribution < -0.4 is 21.1 Å². The molecule has 148 valence electrons. The molecule has 0 amide bonds. The average molecular weight is 380 g/mol. The molecule has 4 rings (SSSR count). The smallest absolute Gasteiger partial charge is 0.328 e. The number of methoxy groups -OCH3 is 1. The maximum atomic E-state index is 12.3. The topological polar surface area (TPSA) is 60.2 Å². The number of nitrogens with one attached hydrogen (secondary N) is 2. The lowest BCUT2D eigenvalue weighted by Gasteiger charge is -2.34. The molecule has 1 saturated heterocycles. The normalized spacial score (nSPS) is 19.8. The Morgan fingerprint density at radius 3 is 2.57 bits per heavy atom. The lowest BCUT2D eigenvalue weighted by atomic mass is 9.92. The largest absolute Gasteiger partial charge is 0.496 e. The summed E-state index contributed by atoms with van der Waals surface area (Å²) in [5, 5.41) is 7.39. The summed E-state index contributed by atoms with van der Waals surface area (Å²) >= 11 is 0. The Morgan fingerprint density at radius 2 is 1.86 bits per heavy atom. The highest BCUT2D eigenvalue weighted by Crippen LogP contribution is 2.27. The van der Waals surface area contributed by atoms with Crippen molar-refractivity contribution in [3.8, 4) is 5.75 Å². The van der Waals surface area contributed by atoms with Gasteiger partial charge in [-0.2, -0.15) is 0 Å². The molecule has 2 heterocycles. The number of fused-ring (bicyclic) bond motifs is 1. The number of aryl methyl sites for hydroxylation is 2. The first-order valence-corrected chi connectivity index (χ1v) is 9.84. The Bertz CT molecular complexity index is 1020. The van der Waals surface area contributed by atoms with Crippen LogP contribution >= 0.6 is 0 Å². The van der Waals surface area contributed by atoms with Crippen molar-refractivity contribution < 1.29 is 4.74 Å². The van der Waals surface area contributed by atoms with Crippen LogP contribution in [0.1, 0.15) is 30.0 Å². The standard InChI is InChI=1S/C22H28N4O2/c1-25-18-12-16(20(28-3)13-19(18)26(2)22(25)27)14-24-17-10-7-11-23-21(17)15-8-5-4-6-9-15/h4-6,8-9,12-13,17,21,23-24H,7,10-11,14H2,1-3H3. The molecule has 2 aromatic carbocycles. The van der Waals surface area contributed by atoms with Gasteiger partial charge in [0, 0.05) is 44.4 Å². The van der Waals surface area contributed by atoms with Crippen LogP contribution in [-0.2, 0) is 20.6 Å². The van der Waals surface area contributed by atoms with Crippen LogP contribution in [0.15, 0.2) is 47.3 Å². The number of hydrogen-bond acceptors (Lipinski definition) is 4. The number of hydrogen-bond donors (Lipinski definition) is 2. The van der Waals surface area contributed by atoms with E-state index in [0.29, 0.717) is 18.6 Å². The van der Waals surface area contributed by atoms with Crippen LogP contribution in [0.3, 0.4) is 0 Å². The van der Waals surface area contributed by atoms with E-state index in [1.165, 1.54) is 5.56 Å². The molecular weight excluding hydrogens is 352 g/mol. The lowest BCUT2D eigenvalue weighted by Crippen LogP contribution is -2.45. The Labute approximate surface area is 165 Å². The molecular formula is C22H28N4O2. The van der Waals surface area contributed by atoms with E-state index in [-0.39, 0.29) is 5.69 Å². The minimum absolute atomic E-state index is 0.0252. The molecule has 0 aliphatic carbocycles. The molecule has 2 atom stereocenters. The summed E-state index contributed by atoms with van der Waals surface area (Å²) in [6, 6.07) is 15.3. The minimum atomic E-state index is -0.0252. The molecule has 0 radical (unpaired) electrons. The minimum Gasteiger partial charge on any atom is -0.496 e. The molecule has 1 fully saturated rings. The molecule has 1 aromatic heterocycles. The second-order valence-corrected chi connectivity index (χ2v) is 7.53. The first-order valence-electron chi connectivity index (χ1n) is 9.84. The fraction of sp³-hybridized carbons (Fsp3) is 0.409. The number of aromatic nitrogens is 2. The van der Waals surface area contributed by atoms with Gasteiger partial charge in [-0.15, -0.1) is 0 Å². The highest BCUT2D eigenvalue weighted by Gasteiger charge is 2.26. The van der Waals surface area contributed by atoms with Crippen molar-refractivity contribution in [3.63, 3.8) is 0 Å². The summed E-state index contributed by atoms with van der Waals surface area (Å²) in [5.41, 5.74) is 4.16. The van der Waals surface area contributed by atoms with Gasteiger partial charge >= 0.3 is 5.69 Å². The highest BCUT2D eigenvalue weighted by molar-refractivity contribution is 5.79. The predicted octanol–water partition coefficient (Wildman–Crippen LogP) is 2.47. The SMILES string of the molecule is COc1cc2c(cc1CNC1CCCNC1c1ccccc1)n(C)c(=O)n2C. The third-order valence-corrected chi connectivity index (χ3v) is 5.85.